The van der Waals surface area contributed by atoms with Crippen LogP contribution in [0.3, 0.4) is 0 Å². The summed E-state index contributed by atoms with van der Waals surface area (Å²) in [5.74, 6) is 2.86. The topological polar surface area (TPSA) is 81.7 Å². The minimum atomic E-state index is -0.452. The van der Waals surface area contributed by atoms with E-state index in [1.807, 2.05) is 18.2 Å². The zero-order chi connectivity index (χ0) is 20.1. The number of fused-ring (bicyclic) bond motifs is 2. The zero-order valence-corrected chi connectivity index (χ0v) is 16.1. The Hall–Kier alpha value is -3.55. The molecule has 3 aliphatic heterocycles. The molecule has 8 heteroatoms. The fraction of sp³-hybridized carbons (Fsp3) is 0.286. The summed E-state index contributed by atoms with van der Waals surface area (Å²) in [6.45, 7) is 0.227. The van der Waals surface area contributed by atoms with Crippen molar-refractivity contribution in [3.63, 3.8) is 0 Å². The van der Waals surface area contributed by atoms with Crippen molar-refractivity contribution in [1.82, 2.24) is 0 Å². The predicted octanol–water partition coefficient (Wildman–Crippen LogP) is 2.78. The van der Waals surface area contributed by atoms with Crippen molar-refractivity contribution in [2.75, 3.05) is 34.7 Å². The fourth-order valence-electron chi connectivity index (χ4n) is 3.92. The minimum Gasteiger partial charge on any atom is -0.493 e. The summed E-state index contributed by atoms with van der Waals surface area (Å²) < 4.78 is 38.6. The van der Waals surface area contributed by atoms with E-state index in [9.17, 15) is 4.79 Å². The van der Waals surface area contributed by atoms with Crippen LogP contribution in [0, 0.1) is 0 Å². The van der Waals surface area contributed by atoms with Crippen LogP contribution in [0.2, 0.25) is 0 Å². The Labute approximate surface area is 166 Å². The van der Waals surface area contributed by atoms with Crippen molar-refractivity contribution in [2.45, 2.75) is 5.92 Å². The van der Waals surface area contributed by atoms with E-state index < -0.39 is 11.9 Å². The van der Waals surface area contributed by atoms with E-state index in [1.165, 1.54) is 0 Å². The average Bonchev–Trinajstić information content (AvgIpc) is 3.35. The molecule has 0 spiro atoms. The van der Waals surface area contributed by atoms with Crippen molar-refractivity contribution in [3.05, 3.63) is 46.7 Å². The van der Waals surface area contributed by atoms with Crippen LogP contribution in [-0.4, -0.2) is 40.7 Å². The van der Waals surface area contributed by atoms with Crippen LogP contribution in [-0.2, 0) is 9.53 Å². The third kappa shape index (κ3) is 2.55. The molecule has 1 atom stereocenters. The van der Waals surface area contributed by atoms with Gasteiger partial charge in [0.25, 0.3) is 0 Å². The zero-order valence-electron chi connectivity index (χ0n) is 16.1. The molecule has 0 aromatic heterocycles. The Balaban J connectivity index is 1.74. The van der Waals surface area contributed by atoms with Gasteiger partial charge in [-0.2, -0.15) is 0 Å². The third-order valence-electron chi connectivity index (χ3n) is 5.21. The molecule has 0 N–H and O–H groups in total. The molecule has 0 bridgehead atoms. The van der Waals surface area contributed by atoms with Gasteiger partial charge in [0.15, 0.2) is 28.8 Å². The molecule has 3 aliphatic rings. The number of esters is 1. The molecule has 0 radical (unpaired) electrons. The predicted molar refractivity (Wildman–Crippen MR) is 99.1 cm³/mol. The van der Waals surface area contributed by atoms with Gasteiger partial charge in [-0.05, 0) is 23.8 Å². The Morgan fingerprint density at radius 3 is 2.21 bits per heavy atom. The first-order valence-electron chi connectivity index (χ1n) is 8.96. The van der Waals surface area contributed by atoms with Crippen LogP contribution in [0.5, 0.6) is 34.5 Å². The fourth-order valence-corrected chi connectivity index (χ4v) is 3.92. The monoisotopic (exact) mass is 398 g/mol. The summed E-state index contributed by atoms with van der Waals surface area (Å²) >= 11 is 0. The second-order valence-corrected chi connectivity index (χ2v) is 6.65. The van der Waals surface area contributed by atoms with Gasteiger partial charge in [0.1, 0.15) is 12.4 Å². The van der Waals surface area contributed by atoms with Crippen molar-refractivity contribution in [1.29, 1.82) is 0 Å². The molecule has 0 amide bonds. The molecule has 0 unspecified atom stereocenters. The van der Waals surface area contributed by atoms with E-state index >= 15 is 0 Å². The molecule has 0 saturated carbocycles. The Bertz CT molecular complexity index is 1030. The maximum Gasteiger partial charge on any atom is 0.339 e. The third-order valence-corrected chi connectivity index (χ3v) is 5.21. The number of ether oxygens (including phenoxy) is 7. The van der Waals surface area contributed by atoms with E-state index in [0.717, 1.165) is 11.1 Å². The first-order chi connectivity index (χ1) is 14.1. The number of carbonyl (C=O) groups is 1. The average molecular weight is 398 g/mol. The van der Waals surface area contributed by atoms with E-state index in [4.69, 9.17) is 33.2 Å². The summed E-state index contributed by atoms with van der Waals surface area (Å²) in [4.78, 5) is 12.6. The maximum absolute atomic E-state index is 12.6. The van der Waals surface area contributed by atoms with Crippen LogP contribution in [0.15, 0.2) is 35.6 Å². The lowest BCUT2D eigenvalue weighted by Crippen LogP contribution is -2.18. The highest BCUT2D eigenvalue weighted by atomic mass is 16.7. The highest BCUT2D eigenvalue weighted by Crippen LogP contribution is 2.52. The van der Waals surface area contributed by atoms with Gasteiger partial charge in [-0.25, -0.2) is 4.79 Å². The van der Waals surface area contributed by atoms with Gasteiger partial charge in [0, 0.05) is 17.5 Å². The summed E-state index contributed by atoms with van der Waals surface area (Å²) in [6, 6.07) is 7.25. The van der Waals surface area contributed by atoms with E-state index in [-0.39, 0.29) is 13.4 Å². The van der Waals surface area contributed by atoms with Gasteiger partial charge in [-0.3, -0.25) is 0 Å². The molecule has 150 valence electrons. The second kappa shape index (κ2) is 6.51. The first kappa shape index (κ1) is 17.5. The van der Waals surface area contributed by atoms with Crippen LogP contribution >= 0.6 is 0 Å². The van der Waals surface area contributed by atoms with Crippen molar-refractivity contribution in [3.8, 4) is 34.5 Å². The van der Waals surface area contributed by atoms with Crippen LogP contribution in [0.4, 0.5) is 0 Å². The molecule has 3 heterocycles. The lowest BCUT2D eigenvalue weighted by atomic mass is 9.82. The summed E-state index contributed by atoms with van der Waals surface area (Å²) in [5.41, 5.74) is 1.99. The lowest BCUT2D eigenvalue weighted by Gasteiger charge is -2.27. The normalized spacial score (nSPS) is 18.6. The molecular weight excluding hydrogens is 380 g/mol. The largest absolute Gasteiger partial charge is 0.493 e. The maximum atomic E-state index is 12.6. The number of hydrogen-bond donors (Lipinski definition) is 0. The van der Waals surface area contributed by atoms with Gasteiger partial charge in [0.2, 0.25) is 12.5 Å². The van der Waals surface area contributed by atoms with E-state index in [1.54, 1.807) is 27.4 Å². The van der Waals surface area contributed by atoms with Crippen molar-refractivity contribution in [2.24, 2.45) is 0 Å². The van der Waals surface area contributed by atoms with E-state index in [0.29, 0.717) is 45.8 Å². The van der Waals surface area contributed by atoms with Gasteiger partial charge in [0.05, 0.1) is 26.9 Å². The number of hydrogen-bond acceptors (Lipinski definition) is 8. The lowest BCUT2D eigenvalue weighted by molar-refractivity contribution is -0.136. The summed E-state index contributed by atoms with van der Waals surface area (Å²) in [5, 5.41) is 0. The summed E-state index contributed by atoms with van der Waals surface area (Å²) in [7, 11) is 4.64. The molecule has 2 aromatic rings. The molecule has 0 saturated heterocycles. The number of benzene rings is 2. The van der Waals surface area contributed by atoms with Crippen molar-refractivity contribution < 1.29 is 38.0 Å². The molecule has 2 aromatic carbocycles. The number of rotatable bonds is 4. The standard InChI is InChI=1S/C21H18O8/c1-23-15-4-10(5-16(24-2)20(15)25-3)18-11-6-13-14(28-9-27-13)7-12(11)29-17-8-26-21(22)19(17)18/h4-7,18H,8-9H2,1-3H3/t18-/m1/s1. The quantitative estimate of drug-likeness (QED) is 0.728. The smallest absolute Gasteiger partial charge is 0.339 e. The molecule has 0 aliphatic carbocycles. The second-order valence-electron chi connectivity index (χ2n) is 6.65. The van der Waals surface area contributed by atoms with Gasteiger partial charge in [-0.15, -0.1) is 0 Å². The Kier molecular flexibility index (Phi) is 3.94. The molecule has 8 nitrogen and oxygen atoms in total. The number of methoxy groups -OCH3 is 3. The SMILES string of the molecule is COc1cc([C@H]2C3=C(COC3=O)Oc3cc4c(cc32)OCO4)cc(OC)c1OC. The Morgan fingerprint density at radius 1 is 0.862 bits per heavy atom. The van der Waals surface area contributed by atoms with Gasteiger partial charge >= 0.3 is 5.97 Å². The summed E-state index contributed by atoms with van der Waals surface area (Å²) in [6.07, 6.45) is 0. The van der Waals surface area contributed by atoms with Crippen molar-refractivity contribution >= 4 is 5.97 Å². The molecule has 0 fully saturated rings. The number of carbonyl (C=O) groups excluding carboxylic acids is 1. The van der Waals surface area contributed by atoms with Crippen LogP contribution in [0.1, 0.15) is 17.0 Å². The molecular formula is C21H18O8. The number of cyclic esters (lactones) is 1. The van der Waals surface area contributed by atoms with E-state index in [2.05, 4.69) is 0 Å². The van der Waals surface area contributed by atoms with Crippen LogP contribution in [0.25, 0.3) is 0 Å². The van der Waals surface area contributed by atoms with Crippen LogP contribution < -0.4 is 28.4 Å². The molecule has 29 heavy (non-hydrogen) atoms. The van der Waals surface area contributed by atoms with Gasteiger partial charge in [-0.1, -0.05) is 0 Å². The Morgan fingerprint density at radius 2 is 1.55 bits per heavy atom. The molecule has 5 rings (SSSR count). The van der Waals surface area contributed by atoms with Gasteiger partial charge < -0.3 is 33.2 Å². The first-order valence-corrected chi connectivity index (χ1v) is 8.96. The highest BCUT2D eigenvalue weighted by molar-refractivity contribution is 5.95. The minimum absolute atomic E-state index is 0.0863. The highest BCUT2D eigenvalue weighted by Gasteiger charge is 2.41.